The van der Waals surface area contributed by atoms with Crippen LogP contribution in [0.2, 0.25) is 0 Å². The van der Waals surface area contributed by atoms with Crippen molar-refractivity contribution in [2.75, 3.05) is 13.1 Å². The molecule has 1 saturated heterocycles. The molecule has 4 aliphatic carbocycles. The number of rotatable bonds is 5. The van der Waals surface area contributed by atoms with Crippen molar-refractivity contribution in [3.8, 4) is 0 Å². The molecule has 1 aromatic rings. The summed E-state index contributed by atoms with van der Waals surface area (Å²) < 4.78 is 27.6. The summed E-state index contributed by atoms with van der Waals surface area (Å²) in [5.74, 6) is 1.48. The quantitative estimate of drug-likeness (QED) is 0.634. The lowest BCUT2D eigenvalue weighted by Gasteiger charge is -2.56. The maximum atomic E-state index is 12.9. The van der Waals surface area contributed by atoms with E-state index < -0.39 is 15.9 Å². The molecule has 0 radical (unpaired) electrons. The molecule has 5 aliphatic rings. The Morgan fingerprint density at radius 1 is 1.09 bits per heavy atom. The fourth-order valence-electron chi connectivity index (χ4n) is 7.18. The summed E-state index contributed by atoms with van der Waals surface area (Å²) in [5.41, 5.74) is 5.36. The first-order chi connectivity index (χ1) is 15.2. The standard InChI is InChI=1S/C23H33N3O4S2/c1-15-4-5-21(31-15)32(29,30)26-6-2-3-19(14-26)22(28)25-24-20(27)13-23-10-16-7-17(11-23)9-18(8-16)12-23/h4-5,16-19H,2-3,6-14H2,1H3,(H,24,27)(H,25,28). The number of nitrogens with zero attached hydrogens (tertiary/aromatic N) is 1. The predicted octanol–water partition coefficient (Wildman–Crippen LogP) is 3.21. The van der Waals surface area contributed by atoms with E-state index in [4.69, 9.17) is 0 Å². The Morgan fingerprint density at radius 3 is 2.34 bits per heavy atom. The molecule has 1 unspecified atom stereocenters. The first kappa shape index (κ1) is 22.3. The van der Waals surface area contributed by atoms with Crippen LogP contribution >= 0.6 is 11.3 Å². The van der Waals surface area contributed by atoms with Gasteiger partial charge in [0, 0.05) is 24.4 Å². The van der Waals surface area contributed by atoms with Crippen molar-refractivity contribution >= 4 is 33.2 Å². The lowest BCUT2D eigenvalue weighted by Crippen LogP contribution is -2.52. The highest BCUT2D eigenvalue weighted by Crippen LogP contribution is 2.61. The molecular weight excluding hydrogens is 446 g/mol. The van der Waals surface area contributed by atoms with Gasteiger partial charge in [0.05, 0.1) is 5.92 Å². The molecule has 2 N–H and O–H groups in total. The summed E-state index contributed by atoms with van der Waals surface area (Å²) >= 11 is 1.25. The van der Waals surface area contributed by atoms with E-state index in [1.807, 2.05) is 6.92 Å². The lowest BCUT2D eigenvalue weighted by atomic mass is 9.49. The number of carbonyl (C=O) groups excluding carboxylic acids is 2. The van der Waals surface area contributed by atoms with Crippen LogP contribution in [0.1, 0.15) is 62.7 Å². The van der Waals surface area contributed by atoms with Crippen molar-refractivity contribution in [3.63, 3.8) is 0 Å². The zero-order valence-electron chi connectivity index (χ0n) is 18.6. The minimum absolute atomic E-state index is 0.116. The number of carbonyl (C=O) groups is 2. The SMILES string of the molecule is Cc1ccc(S(=O)(=O)N2CCCC(C(=O)NNC(=O)CC34CC5CC(CC(C5)C3)C4)C2)s1. The van der Waals surface area contributed by atoms with Gasteiger partial charge in [-0.1, -0.05) is 0 Å². The highest BCUT2D eigenvalue weighted by atomic mass is 32.2. The van der Waals surface area contributed by atoms with Gasteiger partial charge < -0.3 is 0 Å². The Labute approximate surface area is 194 Å². The second kappa shape index (κ2) is 8.40. The van der Waals surface area contributed by atoms with E-state index in [2.05, 4.69) is 10.9 Å². The van der Waals surface area contributed by atoms with Gasteiger partial charge in [-0.25, -0.2) is 8.42 Å². The van der Waals surface area contributed by atoms with Crippen molar-refractivity contribution in [2.24, 2.45) is 29.1 Å². The summed E-state index contributed by atoms with van der Waals surface area (Å²) in [6.45, 7) is 2.44. The van der Waals surface area contributed by atoms with Crippen LogP contribution in [-0.4, -0.2) is 37.6 Å². The lowest BCUT2D eigenvalue weighted by molar-refractivity contribution is -0.136. The molecule has 9 heteroatoms. The zero-order chi connectivity index (χ0) is 22.5. The number of aryl methyl sites for hydroxylation is 1. The van der Waals surface area contributed by atoms with Crippen LogP contribution in [0.4, 0.5) is 0 Å². The van der Waals surface area contributed by atoms with Crippen LogP contribution in [0.15, 0.2) is 16.3 Å². The summed E-state index contributed by atoms with van der Waals surface area (Å²) in [6, 6.07) is 3.43. The van der Waals surface area contributed by atoms with Crippen LogP contribution in [0.25, 0.3) is 0 Å². The summed E-state index contributed by atoms with van der Waals surface area (Å²) in [5, 5.41) is 0. The van der Waals surface area contributed by atoms with Gasteiger partial charge >= 0.3 is 0 Å². The topological polar surface area (TPSA) is 95.6 Å². The molecule has 6 rings (SSSR count). The molecule has 5 fully saturated rings. The van der Waals surface area contributed by atoms with Crippen LogP contribution < -0.4 is 10.9 Å². The smallest absolute Gasteiger partial charge is 0.252 e. The molecule has 7 nitrogen and oxygen atoms in total. The van der Waals surface area contributed by atoms with Crippen LogP contribution in [0.5, 0.6) is 0 Å². The monoisotopic (exact) mass is 479 g/mol. The number of amides is 2. The third-order valence-corrected chi connectivity index (χ3v) is 11.4. The molecule has 4 saturated carbocycles. The summed E-state index contributed by atoms with van der Waals surface area (Å²) in [4.78, 5) is 26.4. The van der Waals surface area contributed by atoms with Gasteiger partial charge in [0.15, 0.2) is 0 Å². The van der Waals surface area contributed by atoms with E-state index >= 15 is 0 Å². The maximum absolute atomic E-state index is 12.9. The van der Waals surface area contributed by atoms with Gasteiger partial charge in [0.1, 0.15) is 4.21 Å². The molecule has 2 heterocycles. The van der Waals surface area contributed by atoms with Crippen molar-refractivity contribution in [1.29, 1.82) is 0 Å². The van der Waals surface area contributed by atoms with Gasteiger partial charge in [-0.3, -0.25) is 20.4 Å². The average Bonchev–Trinajstić information content (AvgIpc) is 3.18. The molecule has 0 spiro atoms. The van der Waals surface area contributed by atoms with Gasteiger partial charge in [-0.05, 0) is 93.6 Å². The molecule has 1 atom stereocenters. The number of piperidine rings is 1. The van der Waals surface area contributed by atoms with Crippen LogP contribution in [-0.2, 0) is 19.6 Å². The number of hydrogen-bond donors (Lipinski definition) is 2. The first-order valence-electron chi connectivity index (χ1n) is 11.9. The van der Waals surface area contributed by atoms with Crippen molar-refractivity contribution in [2.45, 2.75) is 68.9 Å². The highest BCUT2D eigenvalue weighted by molar-refractivity contribution is 7.91. The third-order valence-electron chi connectivity index (χ3n) is 8.09. The Bertz CT molecular complexity index is 967. The normalized spacial score (nSPS) is 34.4. The average molecular weight is 480 g/mol. The van der Waals surface area contributed by atoms with E-state index in [-0.39, 0.29) is 23.8 Å². The van der Waals surface area contributed by atoms with Crippen LogP contribution in [0.3, 0.4) is 0 Å². The Hall–Kier alpha value is -1.45. The zero-order valence-corrected chi connectivity index (χ0v) is 20.3. The van der Waals surface area contributed by atoms with E-state index in [1.54, 1.807) is 12.1 Å². The number of hydrogen-bond acceptors (Lipinski definition) is 5. The van der Waals surface area contributed by atoms with Gasteiger partial charge in [-0.2, -0.15) is 4.31 Å². The number of sulfonamides is 1. The number of thiophene rings is 1. The Kier molecular flexibility index (Phi) is 5.87. The van der Waals surface area contributed by atoms with E-state index in [0.29, 0.717) is 30.0 Å². The molecule has 32 heavy (non-hydrogen) atoms. The predicted molar refractivity (Wildman–Crippen MR) is 122 cm³/mol. The molecule has 0 aromatic carbocycles. The maximum Gasteiger partial charge on any atom is 0.252 e. The van der Waals surface area contributed by atoms with E-state index in [1.165, 1.54) is 34.9 Å². The first-order valence-corrected chi connectivity index (χ1v) is 14.1. The van der Waals surface area contributed by atoms with Gasteiger partial charge in [0.25, 0.3) is 10.0 Å². The van der Waals surface area contributed by atoms with Crippen molar-refractivity contribution in [3.05, 3.63) is 17.0 Å². The number of nitrogens with one attached hydrogen (secondary N) is 2. The van der Waals surface area contributed by atoms with E-state index in [9.17, 15) is 18.0 Å². The third kappa shape index (κ3) is 4.35. The number of hydrazine groups is 1. The minimum atomic E-state index is -3.59. The largest absolute Gasteiger partial charge is 0.273 e. The second-order valence-corrected chi connectivity index (χ2v) is 14.2. The molecular formula is C23H33N3O4S2. The van der Waals surface area contributed by atoms with Crippen molar-refractivity contribution in [1.82, 2.24) is 15.2 Å². The molecule has 176 valence electrons. The Balaban J connectivity index is 1.14. The molecule has 1 aliphatic heterocycles. The summed E-state index contributed by atoms with van der Waals surface area (Å²) in [7, 11) is -3.59. The summed E-state index contributed by atoms with van der Waals surface area (Å²) in [6.07, 6.45) is 9.19. The Morgan fingerprint density at radius 2 is 1.75 bits per heavy atom. The van der Waals surface area contributed by atoms with Gasteiger partial charge in [-0.15, -0.1) is 11.3 Å². The molecule has 4 bridgehead atoms. The molecule has 2 amide bonds. The van der Waals surface area contributed by atoms with E-state index in [0.717, 1.165) is 41.9 Å². The fraction of sp³-hybridized carbons (Fsp3) is 0.739. The second-order valence-electron chi connectivity index (χ2n) is 10.7. The van der Waals surface area contributed by atoms with Gasteiger partial charge in [0.2, 0.25) is 11.8 Å². The van der Waals surface area contributed by atoms with Crippen molar-refractivity contribution < 1.29 is 18.0 Å². The minimum Gasteiger partial charge on any atom is -0.273 e. The van der Waals surface area contributed by atoms with Crippen LogP contribution in [0, 0.1) is 36.0 Å². The highest BCUT2D eigenvalue weighted by Gasteiger charge is 2.51. The molecule has 1 aromatic heterocycles. The fourth-order valence-corrected chi connectivity index (χ4v) is 10.1.